The number of hydrogen-bond acceptors (Lipinski definition) is 7. The van der Waals surface area contributed by atoms with Crippen LogP contribution in [0, 0.1) is 30.3 Å². The second-order valence-corrected chi connectivity index (χ2v) is 4.79. The van der Waals surface area contributed by atoms with Crippen molar-refractivity contribution >= 4 is 38.7 Å². The van der Waals surface area contributed by atoms with Gasteiger partial charge >= 0.3 is 17.1 Å². The van der Waals surface area contributed by atoms with Gasteiger partial charge in [0.1, 0.15) is 0 Å². The second kappa shape index (κ2) is 5.08. The molecule has 0 saturated carbocycles. The Kier molecular flexibility index (Phi) is 3.18. The minimum atomic E-state index is -1.23. The van der Waals surface area contributed by atoms with Gasteiger partial charge in [0.15, 0.2) is 0 Å². The molecule has 3 aromatic rings. The predicted molar refractivity (Wildman–Crippen MR) is 82.0 cm³/mol. The van der Waals surface area contributed by atoms with E-state index >= 15 is 0 Å². The smallest absolute Gasteiger partial charge is 0.321 e. The van der Waals surface area contributed by atoms with Crippen LogP contribution in [0.5, 0.6) is 0 Å². The Morgan fingerprint density at radius 1 is 0.833 bits per heavy atom. The van der Waals surface area contributed by atoms with E-state index < -0.39 is 37.4 Å². The van der Waals surface area contributed by atoms with E-state index in [0.29, 0.717) is 0 Å². The lowest BCUT2D eigenvalue weighted by atomic mass is 10.0. The predicted octanol–water partition coefficient (Wildman–Crippen LogP) is 2.41. The summed E-state index contributed by atoms with van der Waals surface area (Å²) in [6, 6.07) is 6.56. The van der Waals surface area contributed by atoms with Gasteiger partial charge in [-0.3, -0.25) is 35.1 Å². The first kappa shape index (κ1) is 15.0. The van der Waals surface area contributed by atoms with Crippen LogP contribution < -0.4 is 5.56 Å². The fraction of sp³-hybridized carbons (Fsp3) is 0. The highest BCUT2D eigenvalue weighted by atomic mass is 16.6. The molecule has 0 atom stereocenters. The summed E-state index contributed by atoms with van der Waals surface area (Å²) in [5.41, 5.74) is -4.16. The number of hydrogen-bond donors (Lipinski definition) is 1. The van der Waals surface area contributed by atoms with Gasteiger partial charge in [-0.05, 0) is 6.07 Å². The van der Waals surface area contributed by atoms with Crippen molar-refractivity contribution in [2.24, 2.45) is 0 Å². The third kappa shape index (κ3) is 2.03. The van der Waals surface area contributed by atoms with Crippen LogP contribution in [0.15, 0.2) is 35.1 Å². The quantitative estimate of drug-likeness (QED) is 0.437. The molecule has 0 saturated heterocycles. The van der Waals surface area contributed by atoms with Crippen LogP contribution in [0.4, 0.5) is 17.1 Å². The first-order valence-electron chi connectivity index (χ1n) is 6.38. The van der Waals surface area contributed by atoms with Crippen molar-refractivity contribution in [3.8, 4) is 0 Å². The summed E-state index contributed by atoms with van der Waals surface area (Å²) in [5.74, 6) is 0. The van der Waals surface area contributed by atoms with E-state index in [1.807, 2.05) is 0 Å². The van der Waals surface area contributed by atoms with Crippen LogP contribution in [0.1, 0.15) is 0 Å². The Labute approximate surface area is 130 Å². The van der Waals surface area contributed by atoms with Gasteiger partial charge < -0.3 is 4.98 Å². The summed E-state index contributed by atoms with van der Waals surface area (Å²) >= 11 is 0. The van der Waals surface area contributed by atoms with Gasteiger partial charge in [-0.15, -0.1) is 0 Å². The molecule has 1 aromatic heterocycles. The Hall–Kier alpha value is -3.89. The number of fused-ring (bicyclic) bond motifs is 3. The molecule has 0 unspecified atom stereocenters. The molecule has 11 nitrogen and oxygen atoms in total. The summed E-state index contributed by atoms with van der Waals surface area (Å²) in [5, 5.41) is 33.7. The number of pyridine rings is 1. The summed E-state index contributed by atoms with van der Waals surface area (Å²) in [6.07, 6.45) is 0. The van der Waals surface area contributed by atoms with Crippen molar-refractivity contribution in [1.82, 2.24) is 4.98 Å². The highest BCUT2D eigenvalue weighted by Gasteiger charge is 2.39. The van der Waals surface area contributed by atoms with Crippen molar-refractivity contribution in [2.75, 3.05) is 0 Å². The van der Waals surface area contributed by atoms with Gasteiger partial charge in [-0.25, -0.2) is 0 Å². The molecule has 24 heavy (non-hydrogen) atoms. The van der Waals surface area contributed by atoms with Gasteiger partial charge in [0.25, 0.3) is 5.56 Å². The molecule has 0 aliphatic heterocycles. The van der Waals surface area contributed by atoms with Gasteiger partial charge in [-0.2, -0.15) is 0 Å². The lowest BCUT2D eigenvalue weighted by Crippen LogP contribution is -2.09. The molecule has 0 aliphatic carbocycles. The zero-order chi connectivity index (χ0) is 17.6. The topological polar surface area (TPSA) is 162 Å². The van der Waals surface area contributed by atoms with Crippen molar-refractivity contribution in [2.45, 2.75) is 0 Å². The molecular formula is C13H6N4O7. The van der Waals surface area contributed by atoms with E-state index in [1.165, 1.54) is 24.3 Å². The molecule has 0 bridgehead atoms. The van der Waals surface area contributed by atoms with Crippen molar-refractivity contribution in [1.29, 1.82) is 0 Å². The summed E-state index contributed by atoms with van der Waals surface area (Å²) in [4.78, 5) is 44.8. The van der Waals surface area contributed by atoms with Crippen LogP contribution in [-0.2, 0) is 0 Å². The molecule has 0 radical (unpaired) electrons. The van der Waals surface area contributed by atoms with E-state index in [9.17, 15) is 35.1 Å². The van der Waals surface area contributed by atoms with E-state index in [0.717, 1.165) is 6.07 Å². The van der Waals surface area contributed by atoms with Crippen molar-refractivity contribution < 1.29 is 14.8 Å². The Morgan fingerprint density at radius 2 is 1.42 bits per heavy atom. The monoisotopic (exact) mass is 330 g/mol. The molecule has 0 spiro atoms. The average molecular weight is 330 g/mol. The van der Waals surface area contributed by atoms with E-state index in [4.69, 9.17) is 0 Å². The van der Waals surface area contributed by atoms with Crippen molar-refractivity contribution in [3.63, 3.8) is 0 Å². The molecule has 120 valence electrons. The lowest BCUT2D eigenvalue weighted by Gasteiger charge is -2.05. The van der Waals surface area contributed by atoms with Gasteiger partial charge in [-0.1, -0.05) is 18.2 Å². The summed E-state index contributed by atoms with van der Waals surface area (Å²) in [6.45, 7) is 0. The van der Waals surface area contributed by atoms with Crippen LogP contribution in [-0.4, -0.2) is 19.8 Å². The maximum absolute atomic E-state index is 12.0. The van der Waals surface area contributed by atoms with E-state index in [2.05, 4.69) is 4.98 Å². The molecule has 0 fully saturated rings. The first-order valence-corrected chi connectivity index (χ1v) is 6.38. The third-order valence-corrected chi connectivity index (χ3v) is 3.51. The van der Waals surface area contributed by atoms with Gasteiger partial charge in [0.2, 0.25) is 0 Å². The Morgan fingerprint density at radius 3 is 1.96 bits per heavy atom. The third-order valence-electron chi connectivity index (χ3n) is 3.51. The van der Waals surface area contributed by atoms with Gasteiger partial charge in [0, 0.05) is 16.8 Å². The van der Waals surface area contributed by atoms with Crippen LogP contribution >= 0.6 is 0 Å². The van der Waals surface area contributed by atoms with Crippen LogP contribution in [0.2, 0.25) is 0 Å². The number of nitro benzene ring substituents is 3. The Bertz CT molecular complexity index is 1120. The Balaban J connectivity index is 2.73. The minimum Gasteiger partial charge on any atom is -0.321 e. The minimum absolute atomic E-state index is 0.0799. The maximum Gasteiger partial charge on any atom is 0.423 e. The lowest BCUT2D eigenvalue weighted by molar-refractivity contribution is -0.440. The number of aromatic amines is 1. The molecular weight excluding hydrogens is 324 g/mol. The average Bonchev–Trinajstić information content (AvgIpc) is 2.52. The van der Waals surface area contributed by atoms with Gasteiger partial charge in [0.05, 0.1) is 25.7 Å². The molecule has 2 aromatic carbocycles. The molecule has 0 amide bonds. The standard InChI is InChI=1S/C13H6N4O7/c18-13-7-4-2-1-3-6(7)10-8(14-13)5-9(15(19)20)11(16(21)22)12(10)17(23)24/h1-5H,(H,14,18). The zero-order valence-electron chi connectivity index (χ0n) is 11.6. The molecule has 1 N–H and O–H groups in total. The zero-order valence-corrected chi connectivity index (χ0v) is 11.6. The maximum atomic E-state index is 12.0. The number of H-pyrrole nitrogens is 1. The SMILES string of the molecule is O=c1[nH]c2cc([N+](=O)[O-])c([N+](=O)[O-])c([N+](=O)[O-])c2c2ccccc12. The van der Waals surface area contributed by atoms with Crippen LogP contribution in [0.3, 0.4) is 0 Å². The fourth-order valence-corrected chi connectivity index (χ4v) is 2.60. The second-order valence-electron chi connectivity index (χ2n) is 4.79. The largest absolute Gasteiger partial charge is 0.423 e. The number of nitrogens with one attached hydrogen (secondary N) is 1. The van der Waals surface area contributed by atoms with Crippen molar-refractivity contribution in [3.05, 3.63) is 71.0 Å². The summed E-state index contributed by atoms with van der Waals surface area (Å²) < 4.78 is 0. The van der Waals surface area contributed by atoms with Crippen LogP contribution in [0.25, 0.3) is 21.7 Å². The summed E-state index contributed by atoms with van der Waals surface area (Å²) in [7, 11) is 0. The number of nitro groups is 3. The fourth-order valence-electron chi connectivity index (χ4n) is 2.60. The number of aromatic nitrogens is 1. The van der Waals surface area contributed by atoms with E-state index in [-0.39, 0.29) is 21.7 Å². The highest BCUT2D eigenvalue weighted by molar-refractivity contribution is 6.13. The number of rotatable bonds is 3. The normalized spacial score (nSPS) is 10.8. The molecule has 3 rings (SSSR count). The highest BCUT2D eigenvalue weighted by Crippen LogP contribution is 2.43. The molecule has 11 heteroatoms. The molecule has 0 aliphatic rings. The first-order chi connectivity index (χ1) is 11.3. The molecule has 1 heterocycles. The number of nitrogens with zero attached hydrogens (tertiary/aromatic N) is 3. The number of benzene rings is 2. The van der Waals surface area contributed by atoms with E-state index in [1.54, 1.807) is 0 Å².